The molecule has 4 heteroatoms. The molecule has 1 aliphatic carbocycles. The number of nitrogens with one attached hydrogen (secondary N) is 1. The molecule has 2 aromatic carbocycles. The SMILES string of the molecule is CC(=O)c1ccccc1NC(=O)CN(C)[C@H]1CCCc2ccccc21. The predicted molar refractivity (Wildman–Crippen MR) is 99.8 cm³/mol. The second kappa shape index (κ2) is 7.62. The minimum absolute atomic E-state index is 0.0505. The molecule has 0 heterocycles. The summed E-state index contributed by atoms with van der Waals surface area (Å²) in [6.07, 6.45) is 3.31. The van der Waals surface area contributed by atoms with Crippen molar-refractivity contribution in [2.45, 2.75) is 32.2 Å². The van der Waals surface area contributed by atoms with Crippen molar-refractivity contribution in [3.05, 3.63) is 65.2 Å². The maximum atomic E-state index is 12.5. The molecule has 0 saturated carbocycles. The van der Waals surface area contributed by atoms with Gasteiger partial charge in [0.25, 0.3) is 0 Å². The largest absolute Gasteiger partial charge is 0.324 e. The van der Waals surface area contributed by atoms with Crippen LogP contribution in [0.5, 0.6) is 0 Å². The summed E-state index contributed by atoms with van der Waals surface area (Å²) in [6.45, 7) is 1.81. The number of carbonyl (C=O) groups excluding carboxylic acids is 2. The third-order valence-corrected chi connectivity index (χ3v) is 4.84. The maximum absolute atomic E-state index is 12.5. The molecule has 0 aliphatic heterocycles. The Morgan fingerprint density at radius 1 is 1.12 bits per heavy atom. The second-order valence-electron chi connectivity index (χ2n) is 6.67. The first-order chi connectivity index (χ1) is 12.1. The van der Waals surface area contributed by atoms with E-state index in [1.807, 2.05) is 13.1 Å². The lowest BCUT2D eigenvalue weighted by atomic mass is 9.87. The van der Waals surface area contributed by atoms with E-state index in [4.69, 9.17) is 0 Å². The molecule has 25 heavy (non-hydrogen) atoms. The van der Waals surface area contributed by atoms with Gasteiger partial charge in [0.2, 0.25) is 5.91 Å². The molecule has 1 amide bonds. The van der Waals surface area contributed by atoms with Crippen LogP contribution in [0.3, 0.4) is 0 Å². The van der Waals surface area contributed by atoms with Crippen molar-refractivity contribution in [2.75, 3.05) is 18.9 Å². The van der Waals surface area contributed by atoms with E-state index < -0.39 is 0 Å². The summed E-state index contributed by atoms with van der Waals surface area (Å²) in [7, 11) is 1.99. The van der Waals surface area contributed by atoms with Crippen LogP contribution in [0, 0.1) is 0 Å². The van der Waals surface area contributed by atoms with Gasteiger partial charge in [-0.1, -0.05) is 36.4 Å². The number of aryl methyl sites for hydroxylation is 1. The number of fused-ring (bicyclic) bond motifs is 1. The smallest absolute Gasteiger partial charge is 0.238 e. The number of nitrogens with zero attached hydrogens (tertiary/aromatic N) is 1. The molecule has 0 radical (unpaired) electrons. The minimum Gasteiger partial charge on any atom is -0.324 e. The summed E-state index contributed by atoms with van der Waals surface area (Å²) in [4.78, 5) is 26.3. The summed E-state index contributed by atoms with van der Waals surface area (Å²) in [6, 6.07) is 15.9. The van der Waals surface area contributed by atoms with Crippen molar-refractivity contribution in [2.24, 2.45) is 0 Å². The van der Waals surface area contributed by atoms with E-state index in [1.165, 1.54) is 18.1 Å². The van der Waals surface area contributed by atoms with Crippen LogP contribution in [0.4, 0.5) is 5.69 Å². The zero-order valence-electron chi connectivity index (χ0n) is 14.8. The third-order valence-electron chi connectivity index (χ3n) is 4.84. The fourth-order valence-electron chi connectivity index (χ4n) is 3.61. The van der Waals surface area contributed by atoms with Gasteiger partial charge in [-0.3, -0.25) is 14.5 Å². The molecule has 130 valence electrons. The molecule has 0 unspecified atom stereocenters. The summed E-state index contributed by atoms with van der Waals surface area (Å²) < 4.78 is 0. The number of para-hydroxylation sites is 1. The van der Waals surface area contributed by atoms with Crippen LogP contribution >= 0.6 is 0 Å². The monoisotopic (exact) mass is 336 g/mol. The zero-order valence-corrected chi connectivity index (χ0v) is 14.8. The third kappa shape index (κ3) is 3.97. The zero-order chi connectivity index (χ0) is 17.8. The molecular weight excluding hydrogens is 312 g/mol. The highest BCUT2D eigenvalue weighted by Crippen LogP contribution is 2.33. The number of rotatable bonds is 5. The fourth-order valence-corrected chi connectivity index (χ4v) is 3.61. The van der Waals surface area contributed by atoms with E-state index in [-0.39, 0.29) is 17.7 Å². The van der Waals surface area contributed by atoms with Gasteiger partial charge in [0.1, 0.15) is 0 Å². The Balaban J connectivity index is 1.69. The van der Waals surface area contributed by atoms with Crippen LogP contribution < -0.4 is 5.32 Å². The van der Waals surface area contributed by atoms with Gasteiger partial charge in [0.15, 0.2) is 5.78 Å². The van der Waals surface area contributed by atoms with Crippen LogP contribution in [0.15, 0.2) is 48.5 Å². The Morgan fingerprint density at radius 2 is 1.84 bits per heavy atom. The Morgan fingerprint density at radius 3 is 2.64 bits per heavy atom. The van der Waals surface area contributed by atoms with Gasteiger partial charge < -0.3 is 5.32 Å². The number of hydrogen-bond donors (Lipinski definition) is 1. The fraction of sp³-hybridized carbons (Fsp3) is 0.333. The summed E-state index contributed by atoms with van der Waals surface area (Å²) in [5.41, 5.74) is 3.83. The van der Waals surface area contributed by atoms with Crippen molar-refractivity contribution in [3.63, 3.8) is 0 Å². The highest BCUT2D eigenvalue weighted by atomic mass is 16.2. The van der Waals surface area contributed by atoms with Gasteiger partial charge in [-0.2, -0.15) is 0 Å². The number of carbonyl (C=O) groups is 2. The average Bonchev–Trinajstić information content (AvgIpc) is 2.61. The Bertz CT molecular complexity index is 785. The molecule has 1 atom stereocenters. The molecule has 0 fully saturated rings. The van der Waals surface area contributed by atoms with Crippen molar-refractivity contribution in [1.29, 1.82) is 0 Å². The molecule has 1 N–H and O–H groups in total. The van der Waals surface area contributed by atoms with Crippen LogP contribution in [0.2, 0.25) is 0 Å². The van der Waals surface area contributed by atoms with E-state index in [1.54, 1.807) is 18.2 Å². The summed E-state index contributed by atoms with van der Waals surface area (Å²) in [5, 5.41) is 2.88. The highest BCUT2D eigenvalue weighted by Gasteiger charge is 2.24. The minimum atomic E-state index is -0.0979. The van der Waals surface area contributed by atoms with Gasteiger partial charge in [0.05, 0.1) is 12.2 Å². The molecular formula is C21H24N2O2. The molecule has 4 nitrogen and oxygen atoms in total. The van der Waals surface area contributed by atoms with Crippen LogP contribution in [-0.4, -0.2) is 30.2 Å². The molecule has 3 rings (SSSR count). The first-order valence-corrected chi connectivity index (χ1v) is 8.74. The summed E-state index contributed by atoms with van der Waals surface area (Å²) >= 11 is 0. The number of amides is 1. The predicted octanol–water partition coefficient (Wildman–Crippen LogP) is 3.84. The normalized spacial score (nSPS) is 16.4. The van der Waals surface area contributed by atoms with E-state index in [9.17, 15) is 9.59 Å². The van der Waals surface area contributed by atoms with Gasteiger partial charge in [0, 0.05) is 11.6 Å². The lowest BCUT2D eigenvalue weighted by Gasteiger charge is -2.32. The first kappa shape index (κ1) is 17.4. The summed E-state index contributed by atoms with van der Waals surface area (Å²) in [5.74, 6) is -0.148. The van der Waals surface area contributed by atoms with Gasteiger partial charge in [-0.15, -0.1) is 0 Å². The van der Waals surface area contributed by atoms with Crippen LogP contribution in [0.25, 0.3) is 0 Å². The van der Waals surface area contributed by atoms with Gasteiger partial charge in [-0.25, -0.2) is 0 Å². The number of hydrogen-bond acceptors (Lipinski definition) is 3. The lowest BCUT2D eigenvalue weighted by molar-refractivity contribution is -0.117. The standard InChI is InChI=1S/C21H24N2O2/c1-15(24)17-10-5-6-12-19(17)22-21(25)14-23(2)20-13-7-9-16-8-3-4-11-18(16)20/h3-6,8,10-12,20H,7,9,13-14H2,1-2H3,(H,22,25)/t20-/m0/s1. The first-order valence-electron chi connectivity index (χ1n) is 8.74. The lowest BCUT2D eigenvalue weighted by Crippen LogP contribution is -2.35. The quantitative estimate of drug-likeness (QED) is 0.844. The molecule has 0 spiro atoms. The molecule has 0 saturated heterocycles. The van der Waals surface area contributed by atoms with Gasteiger partial charge >= 0.3 is 0 Å². The molecule has 1 aliphatic rings. The van der Waals surface area contributed by atoms with Crippen molar-refractivity contribution in [3.8, 4) is 0 Å². The van der Waals surface area contributed by atoms with Gasteiger partial charge in [-0.05, 0) is 56.5 Å². The second-order valence-corrected chi connectivity index (χ2v) is 6.67. The Hall–Kier alpha value is -2.46. The van der Waals surface area contributed by atoms with E-state index in [2.05, 4.69) is 34.5 Å². The molecule has 0 bridgehead atoms. The van der Waals surface area contributed by atoms with E-state index in [0.717, 1.165) is 19.3 Å². The Labute approximate surface area is 148 Å². The number of anilines is 1. The van der Waals surface area contributed by atoms with Crippen molar-refractivity contribution >= 4 is 17.4 Å². The van der Waals surface area contributed by atoms with E-state index >= 15 is 0 Å². The van der Waals surface area contributed by atoms with E-state index in [0.29, 0.717) is 17.8 Å². The van der Waals surface area contributed by atoms with Crippen LogP contribution in [-0.2, 0) is 11.2 Å². The van der Waals surface area contributed by atoms with Crippen LogP contribution in [0.1, 0.15) is 47.3 Å². The number of likely N-dealkylation sites (N-methyl/N-ethyl adjacent to an activating group) is 1. The average molecular weight is 336 g/mol. The van der Waals surface area contributed by atoms with Crippen molar-refractivity contribution < 1.29 is 9.59 Å². The Kier molecular flexibility index (Phi) is 5.29. The number of benzene rings is 2. The highest BCUT2D eigenvalue weighted by molar-refractivity contribution is 6.04. The molecule has 0 aromatic heterocycles. The number of ketones is 1. The topological polar surface area (TPSA) is 49.4 Å². The number of Topliss-reactive ketones (excluding diaryl/α,β-unsaturated/α-hetero) is 1. The maximum Gasteiger partial charge on any atom is 0.238 e. The van der Waals surface area contributed by atoms with Crippen molar-refractivity contribution in [1.82, 2.24) is 4.90 Å². The molecule has 2 aromatic rings.